The van der Waals surface area contributed by atoms with E-state index in [-0.39, 0.29) is 28.9 Å². The lowest BCUT2D eigenvalue weighted by Gasteiger charge is -2.36. The average Bonchev–Trinajstić information content (AvgIpc) is 3.15. The van der Waals surface area contributed by atoms with E-state index in [4.69, 9.17) is 17.0 Å². The van der Waals surface area contributed by atoms with Gasteiger partial charge in [0.2, 0.25) is 0 Å². The Morgan fingerprint density at radius 2 is 2.00 bits per heavy atom. The molecule has 1 amide bonds. The molecule has 2 aliphatic heterocycles. The summed E-state index contributed by atoms with van der Waals surface area (Å²) in [6.07, 6.45) is 7.41. The molecule has 0 aromatic carbocycles. The zero-order valence-corrected chi connectivity index (χ0v) is 23.8. The number of nitrogens with zero attached hydrogens (tertiary/aromatic N) is 4. The second kappa shape index (κ2) is 13.2. The minimum Gasteiger partial charge on any atom is -0.466 e. The van der Waals surface area contributed by atoms with Crippen molar-refractivity contribution in [3.8, 4) is 6.07 Å². The van der Waals surface area contributed by atoms with E-state index >= 15 is 0 Å². The van der Waals surface area contributed by atoms with Gasteiger partial charge in [0.05, 0.1) is 17.4 Å². The fourth-order valence-electron chi connectivity index (χ4n) is 4.92. The van der Waals surface area contributed by atoms with Crippen LogP contribution in [0.25, 0.3) is 6.08 Å². The summed E-state index contributed by atoms with van der Waals surface area (Å²) in [4.78, 5) is 43.3. The molecule has 200 valence electrons. The Hall–Kier alpha value is -2.64. The Morgan fingerprint density at radius 3 is 2.65 bits per heavy atom. The van der Waals surface area contributed by atoms with Crippen LogP contribution in [0.15, 0.2) is 9.70 Å². The molecule has 2 aliphatic rings. The van der Waals surface area contributed by atoms with Crippen LogP contribution in [-0.4, -0.2) is 51.9 Å². The van der Waals surface area contributed by atoms with Gasteiger partial charge in [-0.25, -0.2) is 0 Å². The van der Waals surface area contributed by atoms with Crippen LogP contribution in [0, 0.1) is 24.2 Å². The second-order valence-corrected chi connectivity index (χ2v) is 11.0. The number of carbonyl (C=O) groups excluding carboxylic acids is 2. The molecule has 0 radical (unpaired) electrons. The number of thiocarbonyl (C=S) groups is 1. The monoisotopic (exact) mass is 544 g/mol. The molecule has 0 spiro atoms. The van der Waals surface area contributed by atoms with E-state index < -0.39 is 0 Å². The van der Waals surface area contributed by atoms with E-state index in [1.165, 1.54) is 11.8 Å². The lowest BCUT2D eigenvalue weighted by Crippen LogP contribution is -2.43. The standard InChI is InChI=1S/C27H36N4O4S2/c1-5-8-9-10-14-31-25(33)22(37-27(31)36)15-20-18(4)21(16-28)24(32)30(6-2)23(20)29-13-11-12-19(17-29)26(34)35-7-3/h15,19H,5-14,17H2,1-4H3/b22-15-. The fraction of sp³-hybridized carbons (Fsp3) is 0.593. The van der Waals surface area contributed by atoms with Gasteiger partial charge in [-0.1, -0.05) is 50.2 Å². The summed E-state index contributed by atoms with van der Waals surface area (Å²) in [7, 11) is 0. The number of thioether (sulfide) groups is 1. The molecule has 0 aliphatic carbocycles. The molecule has 3 rings (SSSR count). The summed E-state index contributed by atoms with van der Waals surface area (Å²) in [5, 5.41) is 9.80. The number of hydrogen-bond donors (Lipinski definition) is 0. The molecule has 10 heteroatoms. The highest BCUT2D eigenvalue weighted by atomic mass is 32.2. The Morgan fingerprint density at radius 1 is 1.24 bits per heavy atom. The number of amides is 1. The summed E-state index contributed by atoms with van der Waals surface area (Å²) < 4.78 is 7.38. The molecule has 1 atom stereocenters. The van der Waals surface area contributed by atoms with Crippen LogP contribution in [0.5, 0.6) is 0 Å². The highest BCUT2D eigenvalue weighted by molar-refractivity contribution is 8.26. The zero-order chi connectivity index (χ0) is 27.1. The molecule has 1 unspecified atom stereocenters. The Bertz CT molecular complexity index is 1180. The van der Waals surface area contributed by atoms with Gasteiger partial charge < -0.3 is 9.64 Å². The maximum absolute atomic E-state index is 13.3. The van der Waals surface area contributed by atoms with Gasteiger partial charge in [0, 0.05) is 31.7 Å². The Kier molecular flexibility index (Phi) is 10.4. The van der Waals surface area contributed by atoms with Gasteiger partial charge in [-0.05, 0) is 51.7 Å². The number of ether oxygens (including phenoxy) is 1. The summed E-state index contributed by atoms with van der Waals surface area (Å²) in [5.41, 5.74) is 0.870. The third-order valence-electron chi connectivity index (χ3n) is 6.89. The lowest BCUT2D eigenvalue weighted by atomic mass is 9.96. The summed E-state index contributed by atoms with van der Waals surface area (Å²) in [6, 6.07) is 2.06. The zero-order valence-electron chi connectivity index (χ0n) is 22.2. The number of rotatable bonds is 10. The molecule has 2 saturated heterocycles. The molecule has 2 fully saturated rings. The molecule has 0 saturated carbocycles. The average molecular weight is 545 g/mol. The second-order valence-electron chi connectivity index (χ2n) is 9.33. The van der Waals surface area contributed by atoms with Crippen molar-refractivity contribution >= 4 is 52.1 Å². The molecule has 0 N–H and O–H groups in total. The normalized spacial score (nSPS) is 19.0. The first-order valence-corrected chi connectivity index (χ1v) is 14.4. The summed E-state index contributed by atoms with van der Waals surface area (Å²) in [6.45, 7) is 9.84. The number of esters is 1. The van der Waals surface area contributed by atoms with Gasteiger partial charge >= 0.3 is 5.97 Å². The maximum atomic E-state index is 13.3. The molecule has 3 heterocycles. The van der Waals surface area contributed by atoms with Gasteiger partial charge in [-0.3, -0.25) is 23.9 Å². The number of aromatic nitrogens is 1. The van der Waals surface area contributed by atoms with E-state index in [1.807, 2.05) is 11.8 Å². The molecular weight excluding hydrogens is 508 g/mol. The minimum atomic E-state index is -0.364. The molecule has 0 bridgehead atoms. The molecular formula is C27H36N4O4S2. The first-order chi connectivity index (χ1) is 17.8. The van der Waals surface area contributed by atoms with Gasteiger partial charge in [0.1, 0.15) is 21.8 Å². The van der Waals surface area contributed by atoms with Crippen LogP contribution in [-0.2, 0) is 20.9 Å². The quantitative estimate of drug-likeness (QED) is 0.182. The number of anilines is 1. The largest absolute Gasteiger partial charge is 0.466 e. The van der Waals surface area contributed by atoms with Crippen LogP contribution >= 0.6 is 24.0 Å². The molecule has 8 nitrogen and oxygen atoms in total. The molecule has 1 aromatic rings. The van der Waals surface area contributed by atoms with Crippen LogP contribution in [0.3, 0.4) is 0 Å². The number of hydrogen-bond acceptors (Lipinski definition) is 8. The third-order valence-corrected chi connectivity index (χ3v) is 8.27. The van der Waals surface area contributed by atoms with Crippen molar-refractivity contribution in [3.05, 3.63) is 31.9 Å². The number of pyridine rings is 1. The van der Waals surface area contributed by atoms with E-state index in [2.05, 4.69) is 13.0 Å². The van der Waals surface area contributed by atoms with Gasteiger partial charge in [0.25, 0.3) is 11.5 Å². The Balaban J connectivity index is 2.07. The van der Waals surface area contributed by atoms with Gasteiger partial charge in [-0.15, -0.1) is 0 Å². The fourth-order valence-corrected chi connectivity index (χ4v) is 6.21. The molecule has 37 heavy (non-hydrogen) atoms. The van der Waals surface area contributed by atoms with Crippen molar-refractivity contribution in [2.24, 2.45) is 5.92 Å². The maximum Gasteiger partial charge on any atom is 0.310 e. The van der Waals surface area contributed by atoms with E-state index in [1.54, 1.807) is 29.4 Å². The Labute approximate surface area is 228 Å². The van der Waals surface area contributed by atoms with Crippen LogP contribution in [0.4, 0.5) is 5.82 Å². The predicted molar refractivity (Wildman–Crippen MR) is 151 cm³/mol. The third kappa shape index (κ3) is 6.27. The SMILES string of the molecule is CCCCCCN1C(=O)/C(=C/c2c(C)c(C#N)c(=O)n(CC)c2N2CCCC(C(=O)OCC)C2)SC1=S. The number of piperidine rings is 1. The van der Waals surface area contributed by atoms with Gasteiger partial charge in [-0.2, -0.15) is 5.26 Å². The van der Waals surface area contributed by atoms with E-state index in [0.29, 0.717) is 65.4 Å². The topological polar surface area (TPSA) is 95.6 Å². The highest BCUT2D eigenvalue weighted by Crippen LogP contribution is 2.37. The smallest absolute Gasteiger partial charge is 0.310 e. The van der Waals surface area contributed by atoms with Gasteiger partial charge in [0.15, 0.2) is 0 Å². The molecule has 1 aromatic heterocycles. The first-order valence-electron chi connectivity index (χ1n) is 13.1. The van der Waals surface area contributed by atoms with Crippen molar-refractivity contribution in [2.45, 2.75) is 72.8 Å². The van der Waals surface area contributed by atoms with E-state index in [0.717, 1.165) is 32.1 Å². The van der Waals surface area contributed by atoms with Crippen LogP contribution < -0.4 is 10.5 Å². The first kappa shape index (κ1) is 28.9. The predicted octanol–water partition coefficient (Wildman–Crippen LogP) is 4.61. The minimum absolute atomic E-state index is 0.0610. The van der Waals surface area contributed by atoms with Crippen LogP contribution in [0.1, 0.15) is 76.0 Å². The summed E-state index contributed by atoms with van der Waals surface area (Å²) >= 11 is 6.78. The summed E-state index contributed by atoms with van der Waals surface area (Å²) in [5.74, 6) is -0.0634. The van der Waals surface area contributed by atoms with Crippen molar-refractivity contribution in [2.75, 3.05) is 31.1 Å². The number of nitriles is 1. The number of carbonyl (C=O) groups is 2. The lowest BCUT2D eigenvalue weighted by molar-refractivity contribution is -0.148. The highest BCUT2D eigenvalue weighted by Gasteiger charge is 2.34. The van der Waals surface area contributed by atoms with Crippen molar-refractivity contribution in [1.82, 2.24) is 9.47 Å². The number of unbranched alkanes of at least 4 members (excludes halogenated alkanes) is 3. The van der Waals surface area contributed by atoms with Crippen LogP contribution in [0.2, 0.25) is 0 Å². The van der Waals surface area contributed by atoms with Crippen molar-refractivity contribution in [1.29, 1.82) is 5.26 Å². The van der Waals surface area contributed by atoms with Crippen molar-refractivity contribution < 1.29 is 14.3 Å². The van der Waals surface area contributed by atoms with E-state index in [9.17, 15) is 19.6 Å². The van der Waals surface area contributed by atoms with Crippen molar-refractivity contribution in [3.63, 3.8) is 0 Å².